The minimum absolute atomic E-state index is 0.544. The molecule has 0 aliphatic carbocycles. The van der Waals surface area contributed by atoms with Crippen LogP contribution in [0.25, 0.3) is 33.2 Å². The van der Waals surface area contributed by atoms with E-state index in [4.69, 9.17) is 0 Å². The molecule has 4 rings (SSSR count). The first-order valence-electron chi connectivity index (χ1n) is 8.13. The summed E-state index contributed by atoms with van der Waals surface area (Å²) < 4.78 is 38.7. The van der Waals surface area contributed by atoms with Crippen molar-refractivity contribution in [1.82, 2.24) is 4.98 Å². The van der Waals surface area contributed by atoms with Crippen LogP contribution < -0.4 is 0 Å². The smallest absolute Gasteiger partial charge is 0.256 e. The van der Waals surface area contributed by atoms with E-state index in [2.05, 4.69) is 11.1 Å². The molecular weight excluding hydrogens is 335 g/mol. The SMILES string of the molecule is FC(F)(F)c1cccc(-c2ccc(-c3cnc4ccccc4c3)cc2)c1. The zero-order chi connectivity index (χ0) is 18.1. The van der Waals surface area contributed by atoms with E-state index in [-0.39, 0.29) is 0 Å². The minimum Gasteiger partial charge on any atom is -0.256 e. The van der Waals surface area contributed by atoms with Crippen LogP contribution in [-0.4, -0.2) is 4.98 Å². The van der Waals surface area contributed by atoms with Crippen LogP contribution in [0.4, 0.5) is 13.2 Å². The molecule has 3 aromatic carbocycles. The van der Waals surface area contributed by atoms with Crippen molar-refractivity contribution in [2.24, 2.45) is 0 Å². The Bertz CT molecular complexity index is 1070. The number of rotatable bonds is 2. The largest absolute Gasteiger partial charge is 0.416 e. The molecule has 0 aliphatic rings. The van der Waals surface area contributed by atoms with Gasteiger partial charge in [0.05, 0.1) is 11.1 Å². The molecule has 26 heavy (non-hydrogen) atoms. The van der Waals surface area contributed by atoms with E-state index in [0.717, 1.165) is 33.7 Å². The van der Waals surface area contributed by atoms with E-state index in [1.165, 1.54) is 12.1 Å². The van der Waals surface area contributed by atoms with Gasteiger partial charge < -0.3 is 0 Å². The molecule has 0 atom stereocenters. The molecule has 0 N–H and O–H groups in total. The number of benzene rings is 3. The van der Waals surface area contributed by atoms with Crippen LogP contribution >= 0.6 is 0 Å². The van der Waals surface area contributed by atoms with Gasteiger partial charge in [0, 0.05) is 17.1 Å². The van der Waals surface area contributed by atoms with Gasteiger partial charge in [0.1, 0.15) is 0 Å². The van der Waals surface area contributed by atoms with E-state index in [0.29, 0.717) is 5.56 Å². The lowest BCUT2D eigenvalue weighted by molar-refractivity contribution is -0.137. The van der Waals surface area contributed by atoms with E-state index in [1.807, 2.05) is 54.7 Å². The molecule has 0 unspecified atom stereocenters. The molecule has 128 valence electrons. The molecule has 1 nitrogen and oxygen atoms in total. The lowest BCUT2D eigenvalue weighted by atomic mass is 9.99. The summed E-state index contributed by atoms with van der Waals surface area (Å²) in [7, 11) is 0. The van der Waals surface area contributed by atoms with Crippen molar-refractivity contribution in [3.05, 3.63) is 90.6 Å². The maximum absolute atomic E-state index is 12.9. The fourth-order valence-electron chi connectivity index (χ4n) is 2.96. The third-order valence-corrected chi connectivity index (χ3v) is 4.33. The van der Waals surface area contributed by atoms with Gasteiger partial charge in [-0.15, -0.1) is 0 Å². The van der Waals surface area contributed by atoms with Gasteiger partial charge in [0.2, 0.25) is 0 Å². The molecule has 0 saturated heterocycles. The van der Waals surface area contributed by atoms with Crippen LogP contribution in [0.1, 0.15) is 5.56 Å². The molecule has 4 heteroatoms. The first-order valence-corrected chi connectivity index (χ1v) is 8.13. The highest BCUT2D eigenvalue weighted by molar-refractivity contribution is 5.83. The zero-order valence-corrected chi connectivity index (χ0v) is 13.7. The van der Waals surface area contributed by atoms with E-state index >= 15 is 0 Å². The summed E-state index contributed by atoms with van der Waals surface area (Å²) in [5.74, 6) is 0. The first-order chi connectivity index (χ1) is 12.5. The Morgan fingerprint density at radius 1 is 0.615 bits per heavy atom. The fourth-order valence-corrected chi connectivity index (χ4v) is 2.96. The summed E-state index contributed by atoms with van der Waals surface area (Å²) in [6.07, 6.45) is -2.53. The Hall–Kier alpha value is -3.14. The van der Waals surface area contributed by atoms with E-state index in [1.54, 1.807) is 6.07 Å². The summed E-state index contributed by atoms with van der Waals surface area (Å²) in [6, 6.07) is 22.8. The van der Waals surface area contributed by atoms with Gasteiger partial charge in [0.25, 0.3) is 0 Å². The number of para-hydroxylation sites is 1. The lowest BCUT2D eigenvalue weighted by Crippen LogP contribution is -2.04. The molecule has 0 bridgehead atoms. The summed E-state index contributed by atoms with van der Waals surface area (Å²) in [5.41, 5.74) is 3.52. The fraction of sp³-hybridized carbons (Fsp3) is 0.0455. The van der Waals surface area contributed by atoms with Crippen LogP contribution in [-0.2, 0) is 6.18 Å². The highest BCUT2D eigenvalue weighted by Gasteiger charge is 2.30. The zero-order valence-electron chi connectivity index (χ0n) is 13.7. The van der Waals surface area contributed by atoms with Crippen LogP contribution in [0, 0.1) is 0 Å². The predicted octanol–water partition coefficient (Wildman–Crippen LogP) is 6.59. The maximum Gasteiger partial charge on any atom is 0.416 e. The predicted molar refractivity (Wildman–Crippen MR) is 97.6 cm³/mol. The minimum atomic E-state index is -4.34. The van der Waals surface area contributed by atoms with Gasteiger partial charge in [-0.2, -0.15) is 13.2 Å². The van der Waals surface area contributed by atoms with Crippen molar-refractivity contribution in [3.63, 3.8) is 0 Å². The van der Waals surface area contributed by atoms with Gasteiger partial charge in [-0.3, -0.25) is 4.98 Å². The third kappa shape index (κ3) is 3.18. The standard InChI is InChI=1S/C22H14F3N/c23-22(24,25)20-6-3-5-17(13-20)15-8-10-16(11-9-15)19-12-18-4-1-2-7-21(18)26-14-19/h1-14H. The quantitative estimate of drug-likeness (QED) is 0.398. The Morgan fingerprint density at radius 3 is 2.04 bits per heavy atom. The molecule has 0 saturated carbocycles. The van der Waals surface area contributed by atoms with Crippen LogP contribution in [0.5, 0.6) is 0 Å². The molecule has 1 heterocycles. The number of hydrogen-bond donors (Lipinski definition) is 0. The van der Waals surface area contributed by atoms with Crippen molar-refractivity contribution in [1.29, 1.82) is 0 Å². The topological polar surface area (TPSA) is 12.9 Å². The first kappa shape index (κ1) is 16.3. The monoisotopic (exact) mass is 349 g/mol. The Labute approximate surface area is 148 Å². The second kappa shape index (κ2) is 6.30. The van der Waals surface area contributed by atoms with Gasteiger partial charge in [0.15, 0.2) is 0 Å². The number of fused-ring (bicyclic) bond motifs is 1. The summed E-state index contributed by atoms with van der Waals surface area (Å²) in [6.45, 7) is 0. The third-order valence-electron chi connectivity index (χ3n) is 4.33. The Kier molecular flexibility index (Phi) is 3.96. The highest BCUT2D eigenvalue weighted by Crippen LogP contribution is 2.33. The van der Waals surface area contributed by atoms with Crippen LogP contribution in [0.2, 0.25) is 0 Å². The maximum atomic E-state index is 12.9. The summed E-state index contributed by atoms with van der Waals surface area (Å²) >= 11 is 0. The normalized spacial score (nSPS) is 11.7. The number of hydrogen-bond acceptors (Lipinski definition) is 1. The van der Waals surface area contributed by atoms with Gasteiger partial charge in [-0.25, -0.2) is 0 Å². The Balaban J connectivity index is 1.68. The van der Waals surface area contributed by atoms with Gasteiger partial charge in [-0.1, -0.05) is 54.6 Å². The van der Waals surface area contributed by atoms with Crippen molar-refractivity contribution in [2.45, 2.75) is 6.18 Å². The van der Waals surface area contributed by atoms with Crippen molar-refractivity contribution in [2.75, 3.05) is 0 Å². The number of halogens is 3. The van der Waals surface area contributed by atoms with Crippen LogP contribution in [0.15, 0.2) is 85.1 Å². The summed E-state index contributed by atoms with van der Waals surface area (Å²) in [4.78, 5) is 4.45. The van der Waals surface area contributed by atoms with Crippen molar-refractivity contribution in [3.8, 4) is 22.3 Å². The average Bonchev–Trinajstić information content (AvgIpc) is 2.67. The number of aromatic nitrogens is 1. The van der Waals surface area contributed by atoms with Crippen molar-refractivity contribution < 1.29 is 13.2 Å². The molecule has 1 aromatic heterocycles. The second-order valence-electron chi connectivity index (χ2n) is 6.07. The molecule has 0 spiro atoms. The molecule has 0 radical (unpaired) electrons. The number of pyridine rings is 1. The molecule has 0 aliphatic heterocycles. The molecule has 0 fully saturated rings. The molecule has 0 amide bonds. The lowest BCUT2D eigenvalue weighted by Gasteiger charge is -2.09. The highest BCUT2D eigenvalue weighted by atomic mass is 19.4. The number of alkyl halides is 3. The van der Waals surface area contributed by atoms with Gasteiger partial charge >= 0.3 is 6.18 Å². The van der Waals surface area contributed by atoms with Gasteiger partial charge in [-0.05, 0) is 41.0 Å². The Morgan fingerprint density at radius 2 is 1.31 bits per heavy atom. The molecule has 4 aromatic rings. The molecular formula is C22H14F3N. The summed E-state index contributed by atoms with van der Waals surface area (Å²) in [5, 5.41) is 1.05. The average molecular weight is 349 g/mol. The van der Waals surface area contributed by atoms with E-state index in [9.17, 15) is 13.2 Å². The number of nitrogens with zero attached hydrogens (tertiary/aromatic N) is 1. The van der Waals surface area contributed by atoms with Crippen molar-refractivity contribution >= 4 is 10.9 Å². The second-order valence-corrected chi connectivity index (χ2v) is 6.07. The van der Waals surface area contributed by atoms with E-state index < -0.39 is 11.7 Å². The van der Waals surface area contributed by atoms with Crippen LogP contribution in [0.3, 0.4) is 0 Å².